The third kappa shape index (κ3) is 6.67. The third-order valence-electron chi connectivity index (χ3n) is 6.37. The van der Waals surface area contributed by atoms with Crippen molar-refractivity contribution in [2.75, 3.05) is 55.5 Å². The highest BCUT2D eigenvalue weighted by Crippen LogP contribution is 2.38. The normalized spacial score (nSPS) is 14.0. The maximum absolute atomic E-state index is 13.9. The van der Waals surface area contributed by atoms with Gasteiger partial charge in [-0.2, -0.15) is 0 Å². The molecule has 1 aliphatic heterocycles. The van der Waals surface area contributed by atoms with Crippen molar-refractivity contribution < 1.29 is 27.1 Å². The van der Waals surface area contributed by atoms with E-state index in [2.05, 4.69) is 10.6 Å². The van der Waals surface area contributed by atoms with Crippen molar-refractivity contribution in [3.05, 3.63) is 89.2 Å². The second-order valence-corrected chi connectivity index (χ2v) is 11.6. The molecule has 0 saturated heterocycles. The molecule has 1 aliphatic rings. The molecule has 0 aromatic heterocycles. The van der Waals surface area contributed by atoms with Crippen LogP contribution in [-0.4, -0.2) is 65.7 Å². The number of benzene rings is 3. The molecule has 40 heavy (non-hydrogen) atoms. The zero-order valence-electron chi connectivity index (χ0n) is 22.7. The van der Waals surface area contributed by atoms with Crippen LogP contribution < -0.4 is 14.9 Å². The lowest BCUT2D eigenvalue weighted by Gasteiger charge is -2.24. The van der Waals surface area contributed by atoms with Crippen LogP contribution in [0, 0.1) is 5.82 Å². The fourth-order valence-corrected chi connectivity index (χ4v) is 5.25. The first-order valence-corrected chi connectivity index (χ1v) is 14.3. The van der Waals surface area contributed by atoms with E-state index in [9.17, 15) is 22.4 Å². The van der Waals surface area contributed by atoms with E-state index >= 15 is 0 Å². The Kier molecular flexibility index (Phi) is 8.55. The molecule has 11 heteroatoms. The van der Waals surface area contributed by atoms with Crippen LogP contribution in [0.15, 0.2) is 66.7 Å². The Hall–Kier alpha value is -4.22. The number of hydrogen-bond donors (Lipinski definition) is 2. The Morgan fingerprint density at radius 1 is 1.00 bits per heavy atom. The largest absolute Gasteiger partial charge is 0.469 e. The lowest BCUT2D eigenvalue weighted by molar-refractivity contribution is -0.139. The van der Waals surface area contributed by atoms with Crippen molar-refractivity contribution in [2.24, 2.45) is 0 Å². The van der Waals surface area contributed by atoms with Crippen LogP contribution >= 0.6 is 0 Å². The van der Waals surface area contributed by atoms with Gasteiger partial charge in [-0.25, -0.2) is 12.8 Å². The van der Waals surface area contributed by atoms with Crippen molar-refractivity contribution in [1.82, 2.24) is 4.90 Å². The molecule has 0 saturated carbocycles. The van der Waals surface area contributed by atoms with Gasteiger partial charge in [0.25, 0.3) is 5.91 Å². The number of anilines is 3. The standard InChI is InChI=1S/C29H31FN4O5S/c1-33(2)15-16-34(40(4,37)38)23-12-10-22(11-13-23)31-28(20-7-5-19(6-8-20)17-26(35)39-3)27-24-14-9-21(30)18-25(24)32-29(27)36/h5-14,18,31H,15-17H2,1-4H3,(H,32,36)/b28-27-. The molecule has 2 N–H and O–H groups in total. The predicted octanol–water partition coefficient (Wildman–Crippen LogP) is 3.80. The van der Waals surface area contributed by atoms with Crippen LogP contribution in [0.4, 0.5) is 21.5 Å². The van der Waals surface area contributed by atoms with Gasteiger partial charge in [0.15, 0.2) is 0 Å². The highest BCUT2D eigenvalue weighted by molar-refractivity contribution is 7.92. The fraction of sp³-hybridized carbons (Fsp3) is 0.241. The highest BCUT2D eigenvalue weighted by atomic mass is 32.2. The number of sulfonamides is 1. The fourth-order valence-electron chi connectivity index (χ4n) is 4.33. The van der Waals surface area contributed by atoms with Gasteiger partial charge in [0.2, 0.25) is 10.0 Å². The summed E-state index contributed by atoms with van der Waals surface area (Å²) in [7, 11) is 1.56. The van der Waals surface area contributed by atoms with E-state index in [1.807, 2.05) is 19.0 Å². The molecular weight excluding hydrogens is 535 g/mol. The van der Waals surface area contributed by atoms with Gasteiger partial charge in [-0.1, -0.05) is 24.3 Å². The maximum atomic E-state index is 13.9. The number of carbonyl (C=O) groups excluding carboxylic acids is 2. The molecule has 1 amide bonds. The van der Waals surface area contributed by atoms with Crippen molar-refractivity contribution in [1.29, 1.82) is 0 Å². The van der Waals surface area contributed by atoms with E-state index in [0.717, 1.165) is 5.56 Å². The molecule has 0 bridgehead atoms. The van der Waals surface area contributed by atoms with Crippen molar-refractivity contribution in [2.45, 2.75) is 6.42 Å². The number of rotatable bonds is 10. The Bertz CT molecular complexity index is 1550. The van der Waals surface area contributed by atoms with Gasteiger partial charge in [-0.15, -0.1) is 0 Å². The Morgan fingerprint density at radius 3 is 2.27 bits per heavy atom. The molecule has 0 spiro atoms. The van der Waals surface area contributed by atoms with Gasteiger partial charge in [-0.3, -0.25) is 13.9 Å². The summed E-state index contributed by atoms with van der Waals surface area (Å²) in [5.41, 5.74) is 4.20. The van der Waals surface area contributed by atoms with Gasteiger partial charge in [0.05, 0.1) is 42.4 Å². The molecule has 210 valence electrons. The maximum Gasteiger partial charge on any atom is 0.309 e. The molecule has 1 heterocycles. The number of nitrogens with one attached hydrogen (secondary N) is 2. The summed E-state index contributed by atoms with van der Waals surface area (Å²) in [6, 6.07) is 18.0. The van der Waals surface area contributed by atoms with Crippen LogP contribution in [-0.2, 0) is 30.8 Å². The second kappa shape index (κ2) is 11.9. The minimum absolute atomic E-state index is 0.102. The molecule has 3 aromatic carbocycles. The molecule has 3 aromatic rings. The summed E-state index contributed by atoms with van der Waals surface area (Å²) < 4.78 is 44.8. The van der Waals surface area contributed by atoms with E-state index in [4.69, 9.17) is 4.74 Å². The summed E-state index contributed by atoms with van der Waals surface area (Å²) in [4.78, 5) is 26.7. The Labute approximate surface area is 233 Å². The number of nitrogens with zero attached hydrogens (tertiary/aromatic N) is 2. The zero-order valence-corrected chi connectivity index (χ0v) is 23.5. The SMILES string of the molecule is COC(=O)Cc1ccc(/C(Nc2ccc(N(CCN(C)C)S(C)(=O)=O)cc2)=C2/C(=O)Nc3cc(F)ccc32)cc1. The third-order valence-corrected chi connectivity index (χ3v) is 7.56. The summed E-state index contributed by atoms with van der Waals surface area (Å²) in [5, 5.41) is 6.02. The minimum Gasteiger partial charge on any atom is -0.469 e. The monoisotopic (exact) mass is 566 g/mol. The van der Waals surface area contributed by atoms with Crippen molar-refractivity contribution in [3.63, 3.8) is 0 Å². The summed E-state index contributed by atoms with van der Waals surface area (Å²) in [6.45, 7) is 0.837. The molecule has 0 unspecified atom stereocenters. The summed E-state index contributed by atoms with van der Waals surface area (Å²) in [6.07, 6.45) is 1.27. The quantitative estimate of drug-likeness (QED) is 0.284. The number of methoxy groups -OCH3 is 1. The first-order valence-electron chi connectivity index (χ1n) is 12.5. The van der Waals surface area contributed by atoms with E-state index < -0.39 is 21.7 Å². The molecule has 0 radical (unpaired) electrons. The molecular formula is C29H31FN4O5S. The minimum atomic E-state index is -3.50. The van der Waals surface area contributed by atoms with Gasteiger partial charge < -0.3 is 20.3 Å². The van der Waals surface area contributed by atoms with Crippen molar-refractivity contribution in [3.8, 4) is 0 Å². The number of hydrogen-bond acceptors (Lipinski definition) is 7. The number of halogens is 1. The Balaban J connectivity index is 1.73. The van der Waals surface area contributed by atoms with Crippen LogP contribution in [0.3, 0.4) is 0 Å². The van der Waals surface area contributed by atoms with Crippen LogP contribution in [0.5, 0.6) is 0 Å². The van der Waals surface area contributed by atoms with E-state index in [1.165, 1.54) is 29.8 Å². The molecule has 9 nitrogen and oxygen atoms in total. The van der Waals surface area contributed by atoms with Crippen molar-refractivity contribution >= 4 is 50.2 Å². The number of ether oxygens (including phenoxy) is 1. The lowest BCUT2D eigenvalue weighted by Crippen LogP contribution is -2.35. The lowest BCUT2D eigenvalue weighted by atomic mass is 9.98. The average molecular weight is 567 g/mol. The van der Waals surface area contributed by atoms with Crippen LogP contribution in [0.2, 0.25) is 0 Å². The first kappa shape index (κ1) is 28.8. The molecule has 0 aliphatic carbocycles. The summed E-state index contributed by atoms with van der Waals surface area (Å²) >= 11 is 0. The smallest absolute Gasteiger partial charge is 0.309 e. The Morgan fingerprint density at radius 2 is 1.68 bits per heavy atom. The van der Waals surface area contributed by atoms with E-state index in [0.29, 0.717) is 52.5 Å². The number of carbonyl (C=O) groups is 2. The molecule has 4 rings (SSSR count). The van der Waals surface area contributed by atoms with Gasteiger partial charge in [0, 0.05) is 24.3 Å². The summed E-state index contributed by atoms with van der Waals surface area (Å²) in [5.74, 6) is -1.24. The van der Waals surface area contributed by atoms with E-state index in [1.54, 1.807) is 54.6 Å². The van der Waals surface area contributed by atoms with Crippen LogP contribution in [0.25, 0.3) is 11.3 Å². The highest BCUT2D eigenvalue weighted by Gasteiger charge is 2.29. The average Bonchev–Trinajstić information content (AvgIpc) is 3.22. The molecule has 0 atom stereocenters. The molecule has 0 fully saturated rings. The van der Waals surface area contributed by atoms with E-state index in [-0.39, 0.29) is 12.4 Å². The van der Waals surface area contributed by atoms with Gasteiger partial charge >= 0.3 is 5.97 Å². The first-order chi connectivity index (χ1) is 19.0. The van der Waals surface area contributed by atoms with Gasteiger partial charge in [-0.05, 0) is 67.7 Å². The second-order valence-electron chi connectivity index (χ2n) is 9.65. The zero-order chi connectivity index (χ0) is 29.0. The van der Waals surface area contributed by atoms with Crippen LogP contribution in [0.1, 0.15) is 16.7 Å². The predicted molar refractivity (Wildman–Crippen MR) is 155 cm³/mol. The van der Waals surface area contributed by atoms with Gasteiger partial charge in [0.1, 0.15) is 5.82 Å². The number of fused-ring (bicyclic) bond motifs is 1. The number of likely N-dealkylation sites (N-methyl/N-ethyl adjacent to an activating group) is 1. The number of amides is 1. The topological polar surface area (TPSA) is 108 Å². The number of esters is 1.